The van der Waals surface area contributed by atoms with E-state index in [1.54, 1.807) is 17.7 Å². The molecule has 2 aromatic rings. The van der Waals surface area contributed by atoms with Crippen LogP contribution in [0, 0.1) is 5.92 Å². The minimum atomic E-state index is 0.0706. The molecule has 0 radical (unpaired) electrons. The van der Waals surface area contributed by atoms with Crippen LogP contribution in [0.2, 0.25) is 0 Å². The number of aromatic nitrogens is 2. The lowest BCUT2D eigenvalue weighted by atomic mass is 10.1. The molecule has 2 aromatic heterocycles. The number of hydrogen-bond acceptors (Lipinski definition) is 5. The molecule has 0 atom stereocenters. The zero-order chi connectivity index (χ0) is 15.7. The number of carbonyl (C=O) groups is 1. The number of nitrogens with zero attached hydrogens (tertiary/aromatic N) is 4. The van der Waals surface area contributed by atoms with Crippen LogP contribution in [0.15, 0.2) is 12.4 Å². The smallest absolute Gasteiger partial charge is 0.225 e. The predicted octanol–water partition coefficient (Wildman–Crippen LogP) is 2.56. The Labute approximate surface area is 135 Å². The summed E-state index contributed by atoms with van der Waals surface area (Å²) >= 11 is 1.74. The fourth-order valence-corrected chi connectivity index (χ4v) is 3.75. The molecule has 1 aliphatic heterocycles. The third kappa shape index (κ3) is 2.79. The molecule has 1 fully saturated rings. The summed E-state index contributed by atoms with van der Waals surface area (Å²) in [6.07, 6.45) is 2.68. The molecule has 6 heteroatoms. The Bertz CT molecular complexity index is 674. The Kier molecular flexibility index (Phi) is 4.29. The summed E-state index contributed by atoms with van der Waals surface area (Å²) < 4.78 is 0. The highest BCUT2D eigenvalue weighted by Crippen LogP contribution is 2.30. The molecule has 0 unspecified atom stereocenters. The molecule has 1 amide bonds. The summed E-state index contributed by atoms with van der Waals surface area (Å²) in [4.78, 5) is 27.6. The second kappa shape index (κ2) is 6.20. The van der Waals surface area contributed by atoms with Crippen LogP contribution < -0.4 is 4.90 Å². The van der Waals surface area contributed by atoms with E-state index in [4.69, 9.17) is 0 Å². The molecule has 22 heavy (non-hydrogen) atoms. The minimum Gasteiger partial charge on any atom is -0.352 e. The topological polar surface area (TPSA) is 49.3 Å². The number of thiophene rings is 1. The van der Waals surface area contributed by atoms with Crippen LogP contribution in [0.5, 0.6) is 0 Å². The molecule has 118 valence electrons. The first-order valence-electron chi connectivity index (χ1n) is 7.87. The number of carbonyl (C=O) groups excluding carboxylic acids is 1. The quantitative estimate of drug-likeness (QED) is 0.873. The molecule has 0 N–H and O–H groups in total. The maximum absolute atomic E-state index is 12.1. The van der Waals surface area contributed by atoms with Gasteiger partial charge >= 0.3 is 0 Å². The van der Waals surface area contributed by atoms with E-state index in [-0.39, 0.29) is 11.8 Å². The molecular weight excluding hydrogens is 296 g/mol. The lowest BCUT2D eigenvalue weighted by molar-refractivity contribution is -0.134. The number of rotatable bonds is 3. The number of anilines is 1. The zero-order valence-electron chi connectivity index (χ0n) is 13.4. The summed E-state index contributed by atoms with van der Waals surface area (Å²) in [5.74, 6) is 1.33. The van der Waals surface area contributed by atoms with E-state index in [0.717, 1.165) is 48.6 Å². The van der Waals surface area contributed by atoms with Gasteiger partial charge in [-0.3, -0.25) is 4.79 Å². The van der Waals surface area contributed by atoms with Crippen LogP contribution in [0.1, 0.15) is 25.6 Å². The van der Waals surface area contributed by atoms with Crippen LogP contribution in [0.4, 0.5) is 5.82 Å². The monoisotopic (exact) mass is 318 g/mol. The average molecular weight is 318 g/mol. The van der Waals surface area contributed by atoms with E-state index in [1.165, 1.54) is 4.88 Å². The van der Waals surface area contributed by atoms with Crippen LogP contribution in [0.3, 0.4) is 0 Å². The van der Waals surface area contributed by atoms with E-state index in [0.29, 0.717) is 0 Å². The normalized spacial score (nSPS) is 15.8. The molecule has 5 nitrogen and oxygen atoms in total. The van der Waals surface area contributed by atoms with Crippen molar-refractivity contribution in [3.63, 3.8) is 0 Å². The Morgan fingerprint density at radius 2 is 2.00 bits per heavy atom. The van der Waals surface area contributed by atoms with Crippen LogP contribution in [-0.2, 0) is 11.2 Å². The minimum absolute atomic E-state index is 0.0706. The summed E-state index contributed by atoms with van der Waals surface area (Å²) in [5.41, 5.74) is 0. The number of amides is 1. The van der Waals surface area contributed by atoms with Gasteiger partial charge in [-0.25, -0.2) is 9.97 Å². The van der Waals surface area contributed by atoms with Crippen molar-refractivity contribution in [3.05, 3.63) is 17.3 Å². The van der Waals surface area contributed by atoms with Crippen LogP contribution in [0.25, 0.3) is 10.2 Å². The maximum atomic E-state index is 12.1. The SMILES string of the molecule is CCc1cc2c(N3CCN(C(=O)C(C)C)CC3)ncnc2s1. The summed E-state index contributed by atoms with van der Waals surface area (Å²) in [5, 5.41) is 1.15. The lowest BCUT2D eigenvalue weighted by Crippen LogP contribution is -2.50. The van der Waals surface area contributed by atoms with E-state index in [1.807, 2.05) is 18.7 Å². The van der Waals surface area contributed by atoms with E-state index < -0.39 is 0 Å². The Hall–Kier alpha value is -1.69. The van der Waals surface area contributed by atoms with Crippen molar-refractivity contribution in [2.75, 3.05) is 31.1 Å². The first kappa shape index (κ1) is 15.2. The van der Waals surface area contributed by atoms with Gasteiger partial charge in [0.05, 0.1) is 5.39 Å². The van der Waals surface area contributed by atoms with Crippen LogP contribution in [-0.4, -0.2) is 47.0 Å². The molecule has 1 saturated heterocycles. The summed E-state index contributed by atoms with van der Waals surface area (Å²) in [6.45, 7) is 9.29. The zero-order valence-corrected chi connectivity index (χ0v) is 14.2. The average Bonchev–Trinajstić information content (AvgIpc) is 2.97. The van der Waals surface area contributed by atoms with Crippen molar-refractivity contribution in [1.82, 2.24) is 14.9 Å². The molecule has 0 aromatic carbocycles. The highest BCUT2D eigenvalue weighted by atomic mass is 32.1. The van der Waals surface area contributed by atoms with Crippen LogP contribution >= 0.6 is 11.3 Å². The molecule has 0 spiro atoms. The Morgan fingerprint density at radius 3 is 2.64 bits per heavy atom. The molecular formula is C16H22N4OS. The van der Waals surface area contributed by atoms with Crippen molar-refractivity contribution in [3.8, 4) is 0 Å². The number of hydrogen-bond donors (Lipinski definition) is 0. The van der Waals surface area contributed by atoms with Crippen molar-refractivity contribution in [2.45, 2.75) is 27.2 Å². The number of aryl methyl sites for hydroxylation is 1. The molecule has 1 aliphatic rings. The molecule has 0 saturated carbocycles. The van der Waals surface area contributed by atoms with Crippen molar-refractivity contribution >= 4 is 33.3 Å². The second-order valence-electron chi connectivity index (χ2n) is 5.95. The predicted molar refractivity (Wildman–Crippen MR) is 90.4 cm³/mol. The first-order chi connectivity index (χ1) is 10.6. The van der Waals surface area contributed by atoms with Crippen molar-refractivity contribution < 1.29 is 4.79 Å². The van der Waals surface area contributed by atoms with Gasteiger partial charge in [0.25, 0.3) is 0 Å². The fraction of sp³-hybridized carbons (Fsp3) is 0.562. The van der Waals surface area contributed by atoms with Crippen molar-refractivity contribution in [1.29, 1.82) is 0 Å². The molecule has 3 rings (SSSR count). The van der Waals surface area contributed by atoms with Gasteiger partial charge in [0.15, 0.2) is 0 Å². The van der Waals surface area contributed by atoms with E-state index >= 15 is 0 Å². The lowest BCUT2D eigenvalue weighted by Gasteiger charge is -2.36. The molecule has 0 bridgehead atoms. The molecule has 0 aliphatic carbocycles. The number of piperazine rings is 1. The van der Waals surface area contributed by atoms with Gasteiger partial charge in [-0.05, 0) is 12.5 Å². The van der Waals surface area contributed by atoms with Gasteiger partial charge in [-0.1, -0.05) is 20.8 Å². The van der Waals surface area contributed by atoms with E-state index in [9.17, 15) is 4.79 Å². The standard InChI is InChI=1S/C16H22N4OS/c1-4-12-9-13-14(17-10-18-15(13)22-12)19-5-7-20(8-6-19)16(21)11(2)3/h9-11H,4-8H2,1-3H3. The van der Waals surface area contributed by atoms with Gasteiger partial charge in [-0.2, -0.15) is 0 Å². The summed E-state index contributed by atoms with van der Waals surface area (Å²) in [7, 11) is 0. The number of fused-ring (bicyclic) bond motifs is 1. The third-order valence-electron chi connectivity index (χ3n) is 4.09. The Morgan fingerprint density at radius 1 is 1.27 bits per heavy atom. The first-order valence-corrected chi connectivity index (χ1v) is 8.69. The highest BCUT2D eigenvalue weighted by molar-refractivity contribution is 7.18. The maximum Gasteiger partial charge on any atom is 0.225 e. The fourth-order valence-electron chi connectivity index (χ4n) is 2.82. The second-order valence-corrected chi connectivity index (χ2v) is 7.06. The van der Waals surface area contributed by atoms with Gasteiger partial charge < -0.3 is 9.80 Å². The van der Waals surface area contributed by atoms with Gasteiger partial charge in [0, 0.05) is 37.0 Å². The molecule has 3 heterocycles. The van der Waals surface area contributed by atoms with Crippen molar-refractivity contribution in [2.24, 2.45) is 5.92 Å². The third-order valence-corrected chi connectivity index (χ3v) is 5.28. The van der Waals surface area contributed by atoms with Gasteiger partial charge in [0.1, 0.15) is 17.0 Å². The van der Waals surface area contributed by atoms with Gasteiger partial charge in [-0.15, -0.1) is 11.3 Å². The largest absolute Gasteiger partial charge is 0.352 e. The Balaban J connectivity index is 1.79. The van der Waals surface area contributed by atoms with Gasteiger partial charge in [0.2, 0.25) is 5.91 Å². The summed E-state index contributed by atoms with van der Waals surface area (Å²) in [6, 6.07) is 2.21. The van der Waals surface area contributed by atoms with E-state index in [2.05, 4.69) is 27.9 Å². The highest BCUT2D eigenvalue weighted by Gasteiger charge is 2.24.